The van der Waals surface area contributed by atoms with Gasteiger partial charge in [-0.2, -0.15) is 0 Å². The number of nitrogens with one attached hydrogen (secondary N) is 1. The summed E-state index contributed by atoms with van der Waals surface area (Å²) in [6, 6.07) is 5.38. The fourth-order valence-corrected chi connectivity index (χ4v) is 4.20. The van der Waals surface area contributed by atoms with E-state index in [0.29, 0.717) is 30.2 Å². The molecule has 0 radical (unpaired) electrons. The van der Waals surface area contributed by atoms with Crippen LogP contribution >= 0.6 is 11.6 Å². The van der Waals surface area contributed by atoms with Crippen LogP contribution in [0, 0.1) is 6.92 Å². The fraction of sp³-hybridized carbons (Fsp3) is 0.533. The van der Waals surface area contributed by atoms with Crippen LogP contribution < -0.4 is 5.32 Å². The van der Waals surface area contributed by atoms with E-state index in [0.717, 1.165) is 18.4 Å². The summed E-state index contributed by atoms with van der Waals surface area (Å²) in [5.41, 5.74) is 1.56. The van der Waals surface area contributed by atoms with E-state index in [-0.39, 0.29) is 18.1 Å². The van der Waals surface area contributed by atoms with E-state index in [9.17, 15) is 13.2 Å². The van der Waals surface area contributed by atoms with Crippen LogP contribution in [-0.4, -0.2) is 37.5 Å². The van der Waals surface area contributed by atoms with E-state index in [1.54, 1.807) is 12.1 Å². The summed E-state index contributed by atoms with van der Waals surface area (Å²) in [6.45, 7) is 3.12. The maximum Gasteiger partial charge on any atom is 0.224 e. The smallest absolute Gasteiger partial charge is 0.224 e. The molecule has 22 heavy (non-hydrogen) atoms. The molecule has 1 aliphatic heterocycles. The zero-order valence-corrected chi connectivity index (χ0v) is 14.2. The molecule has 1 amide bonds. The summed E-state index contributed by atoms with van der Waals surface area (Å²) < 4.78 is 25.6. The molecular formula is C15H21ClN2O3S. The molecule has 0 unspecified atom stereocenters. The predicted molar refractivity (Wildman–Crippen MR) is 88.6 cm³/mol. The van der Waals surface area contributed by atoms with E-state index in [4.69, 9.17) is 11.6 Å². The molecule has 122 valence electrons. The highest BCUT2D eigenvalue weighted by Gasteiger charge is 2.24. The van der Waals surface area contributed by atoms with Gasteiger partial charge in [-0.1, -0.05) is 17.7 Å². The molecule has 0 aliphatic carbocycles. The average Bonchev–Trinajstić information content (AvgIpc) is 2.97. The number of anilines is 1. The van der Waals surface area contributed by atoms with Crippen molar-refractivity contribution >= 4 is 33.2 Å². The van der Waals surface area contributed by atoms with Gasteiger partial charge in [-0.15, -0.1) is 0 Å². The third-order valence-corrected chi connectivity index (χ3v) is 5.95. The predicted octanol–water partition coefficient (Wildman–Crippen LogP) is 2.79. The zero-order valence-electron chi connectivity index (χ0n) is 12.6. The maximum atomic E-state index is 12.0. The van der Waals surface area contributed by atoms with Crippen molar-refractivity contribution in [2.24, 2.45) is 0 Å². The summed E-state index contributed by atoms with van der Waals surface area (Å²) in [5.74, 6) is -0.203. The number of hydrogen-bond donors (Lipinski definition) is 1. The molecule has 7 heteroatoms. The number of aryl methyl sites for hydroxylation is 1. The third kappa shape index (κ3) is 4.69. The maximum absolute atomic E-state index is 12.0. The third-order valence-electron chi connectivity index (χ3n) is 3.66. The highest BCUT2D eigenvalue weighted by Crippen LogP contribution is 2.23. The molecule has 1 saturated heterocycles. The number of halogens is 1. The van der Waals surface area contributed by atoms with Crippen molar-refractivity contribution < 1.29 is 13.2 Å². The second-order valence-corrected chi connectivity index (χ2v) is 8.05. The molecule has 5 nitrogen and oxygen atoms in total. The molecule has 0 bridgehead atoms. The van der Waals surface area contributed by atoms with Crippen molar-refractivity contribution in [3.05, 3.63) is 28.8 Å². The lowest BCUT2D eigenvalue weighted by Gasteiger charge is -2.15. The second-order valence-electron chi connectivity index (χ2n) is 5.56. The van der Waals surface area contributed by atoms with Gasteiger partial charge in [-0.05, 0) is 43.9 Å². The van der Waals surface area contributed by atoms with E-state index in [2.05, 4.69) is 5.32 Å². The van der Waals surface area contributed by atoms with Crippen molar-refractivity contribution in [2.75, 3.05) is 24.2 Å². The standard InChI is InChI=1S/C15H21ClN2O3S/c1-12-6-7-13(16)14(11-12)17-15(19)5-4-10-22(20,21)18-8-2-3-9-18/h6-7,11H,2-5,8-10H2,1H3,(H,17,19). The Balaban J connectivity index is 1.81. The summed E-state index contributed by atoms with van der Waals surface area (Å²) >= 11 is 6.02. The largest absolute Gasteiger partial charge is 0.325 e. The molecular weight excluding hydrogens is 324 g/mol. The van der Waals surface area contributed by atoms with Gasteiger partial charge in [0, 0.05) is 19.5 Å². The lowest BCUT2D eigenvalue weighted by Crippen LogP contribution is -2.30. The van der Waals surface area contributed by atoms with Gasteiger partial charge in [0.1, 0.15) is 0 Å². The van der Waals surface area contributed by atoms with Gasteiger partial charge in [0.05, 0.1) is 16.5 Å². The quantitative estimate of drug-likeness (QED) is 0.862. The number of nitrogens with zero attached hydrogens (tertiary/aromatic N) is 1. The summed E-state index contributed by atoms with van der Waals surface area (Å²) in [5, 5.41) is 3.20. The highest BCUT2D eigenvalue weighted by atomic mass is 35.5. The monoisotopic (exact) mass is 344 g/mol. The summed E-state index contributed by atoms with van der Waals surface area (Å²) in [4.78, 5) is 11.9. The number of carbonyl (C=O) groups is 1. The first-order valence-corrected chi connectivity index (χ1v) is 9.41. The molecule has 1 aliphatic rings. The average molecular weight is 345 g/mol. The molecule has 1 aromatic carbocycles. The number of sulfonamides is 1. The number of benzene rings is 1. The SMILES string of the molecule is Cc1ccc(Cl)c(NC(=O)CCCS(=O)(=O)N2CCCC2)c1. The zero-order chi connectivity index (χ0) is 16.2. The van der Waals surface area contributed by atoms with Crippen LogP contribution in [0.5, 0.6) is 0 Å². The molecule has 2 rings (SSSR count). The van der Waals surface area contributed by atoms with Gasteiger partial charge in [0.15, 0.2) is 0 Å². The second kappa shape index (κ2) is 7.44. The topological polar surface area (TPSA) is 66.5 Å². The van der Waals surface area contributed by atoms with Crippen molar-refractivity contribution in [3.8, 4) is 0 Å². The van der Waals surface area contributed by atoms with Gasteiger partial charge in [0.25, 0.3) is 0 Å². The summed E-state index contributed by atoms with van der Waals surface area (Å²) in [6.07, 6.45) is 2.32. The Morgan fingerprint density at radius 2 is 2.00 bits per heavy atom. The van der Waals surface area contributed by atoms with Gasteiger partial charge in [-0.3, -0.25) is 4.79 Å². The van der Waals surface area contributed by atoms with Gasteiger partial charge in [-0.25, -0.2) is 12.7 Å². The number of rotatable bonds is 6. The summed E-state index contributed by atoms with van der Waals surface area (Å²) in [7, 11) is -3.22. The van der Waals surface area contributed by atoms with Crippen LogP contribution in [0.3, 0.4) is 0 Å². The van der Waals surface area contributed by atoms with Crippen LogP contribution in [0.15, 0.2) is 18.2 Å². The Labute approximate surface area is 136 Å². The Hall–Kier alpha value is -1.11. The minimum Gasteiger partial charge on any atom is -0.325 e. The van der Waals surface area contributed by atoms with Crippen LogP contribution in [0.4, 0.5) is 5.69 Å². The van der Waals surface area contributed by atoms with Gasteiger partial charge in [0.2, 0.25) is 15.9 Å². The Kier molecular flexibility index (Phi) is 5.83. The van der Waals surface area contributed by atoms with Crippen LogP contribution in [0.25, 0.3) is 0 Å². The van der Waals surface area contributed by atoms with Crippen LogP contribution in [0.1, 0.15) is 31.2 Å². The van der Waals surface area contributed by atoms with E-state index in [1.165, 1.54) is 4.31 Å². The number of carbonyl (C=O) groups excluding carboxylic acids is 1. The van der Waals surface area contributed by atoms with Crippen molar-refractivity contribution in [3.63, 3.8) is 0 Å². The lowest BCUT2D eigenvalue weighted by atomic mass is 10.2. The molecule has 1 aromatic rings. The van der Waals surface area contributed by atoms with Crippen molar-refractivity contribution in [1.29, 1.82) is 0 Å². The van der Waals surface area contributed by atoms with Crippen LogP contribution in [-0.2, 0) is 14.8 Å². The Morgan fingerprint density at radius 1 is 1.32 bits per heavy atom. The van der Waals surface area contributed by atoms with E-state index >= 15 is 0 Å². The molecule has 1 fully saturated rings. The van der Waals surface area contributed by atoms with Crippen LogP contribution in [0.2, 0.25) is 5.02 Å². The minimum absolute atomic E-state index is 0.0158. The van der Waals surface area contributed by atoms with E-state index < -0.39 is 10.0 Å². The normalized spacial score (nSPS) is 15.9. The van der Waals surface area contributed by atoms with Gasteiger partial charge >= 0.3 is 0 Å². The fourth-order valence-electron chi connectivity index (χ4n) is 2.46. The minimum atomic E-state index is -3.22. The number of amides is 1. The van der Waals surface area contributed by atoms with Crippen molar-refractivity contribution in [1.82, 2.24) is 4.31 Å². The Morgan fingerprint density at radius 3 is 2.68 bits per heavy atom. The Bertz CT molecular complexity index is 640. The molecule has 0 spiro atoms. The molecule has 1 N–H and O–H groups in total. The molecule has 1 heterocycles. The van der Waals surface area contributed by atoms with Crippen molar-refractivity contribution in [2.45, 2.75) is 32.6 Å². The lowest BCUT2D eigenvalue weighted by molar-refractivity contribution is -0.116. The molecule has 0 atom stereocenters. The first-order chi connectivity index (χ1) is 10.4. The highest BCUT2D eigenvalue weighted by molar-refractivity contribution is 7.89. The molecule has 0 saturated carbocycles. The first-order valence-electron chi connectivity index (χ1n) is 7.42. The number of hydrogen-bond acceptors (Lipinski definition) is 3. The molecule has 0 aromatic heterocycles. The first kappa shape index (κ1) is 17.2. The van der Waals surface area contributed by atoms with Gasteiger partial charge < -0.3 is 5.32 Å². The van der Waals surface area contributed by atoms with E-state index in [1.807, 2.05) is 13.0 Å².